The molecule has 0 aliphatic heterocycles. The number of methoxy groups -OCH3 is 1. The first-order chi connectivity index (χ1) is 9.95. The number of ether oxygens (including phenoxy) is 1. The first-order valence-corrected chi connectivity index (χ1v) is 7.58. The molecule has 0 saturated heterocycles. The summed E-state index contributed by atoms with van der Waals surface area (Å²) in [4.78, 5) is 2.22. The molecule has 4 heteroatoms. The standard InChI is InChI=1S/C17H30N2O2/c1-14(2)18-17(13-20,16-9-7-6-8-10-16)12-19(4)15(3)11-21-5/h6-10,14-15,18,20H,11-13H2,1-5H3. The molecular weight excluding hydrogens is 264 g/mol. The normalized spacial score (nSPS) is 16.2. The smallest absolute Gasteiger partial charge is 0.0799 e. The molecule has 0 spiro atoms. The van der Waals surface area contributed by atoms with Gasteiger partial charge in [-0.2, -0.15) is 0 Å². The van der Waals surface area contributed by atoms with E-state index in [4.69, 9.17) is 4.74 Å². The zero-order valence-corrected chi connectivity index (χ0v) is 14.0. The summed E-state index contributed by atoms with van der Waals surface area (Å²) in [5.74, 6) is 0. The van der Waals surface area contributed by atoms with E-state index in [0.717, 1.165) is 12.1 Å². The fourth-order valence-electron chi connectivity index (χ4n) is 2.67. The van der Waals surface area contributed by atoms with E-state index in [2.05, 4.69) is 50.2 Å². The van der Waals surface area contributed by atoms with E-state index in [-0.39, 0.29) is 12.6 Å². The Morgan fingerprint density at radius 3 is 2.33 bits per heavy atom. The highest BCUT2D eigenvalue weighted by atomic mass is 16.5. The lowest BCUT2D eigenvalue weighted by atomic mass is 9.88. The Hall–Kier alpha value is -0.940. The number of hydrogen-bond donors (Lipinski definition) is 2. The monoisotopic (exact) mass is 294 g/mol. The van der Waals surface area contributed by atoms with Gasteiger partial charge in [-0.05, 0) is 33.4 Å². The van der Waals surface area contributed by atoms with Crippen LogP contribution in [0.1, 0.15) is 26.3 Å². The first kappa shape index (κ1) is 18.1. The molecule has 0 fully saturated rings. The maximum atomic E-state index is 10.1. The van der Waals surface area contributed by atoms with Crippen LogP contribution in [0, 0.1) is 0 Å². The van der Waals surface area contributed by atoms with Crippen LogP contribution in [0.3, 0.4) is 0 Å². The second-order valence-corrected chi connectivity index (χ2v) is 6.12. The SMILES string of the molecule is COCC(C)N(C)CC(CO)(NC(C)C)c1ccccc1. The molecule has 2 atom stereocenters. The number of aliphatic hydroxyl groups excluding tert-OH is 1. The topological polar surface area (TPSA) is 44.7 Å². The maximum absolute atomic E-state index is 10.1. The third-order valence-corrected chi connectivity index (χ3v) is 3.84. The van der Waals surface area contributed by atoms with Gasteiger partial charge < -0.3 is 15.2 Å². The largest absolute Gasteiger partial charge is 0.394 e. The van der Waals surface area contributed by atoms with Crippen molar-refractivity contribution in [2.75, 3.05) is 33.9 Å². The van der Waals surface area contributed by atoms with Crippen molar-refractivity contribution in [1.82, 2.24) is 10.2 Å². The summed E-state index contributed by atoms with van der Waals surface area (Å²) >= 11 is 0. The fourth-order valence-corrected chi connectivity index (χ4v) is 2.67. The minimum absolute atomic E-state index is 0.0548. The average molecular weight is 294 g/mol. The van der Waals surface area contributed by atoms with Gasteiger partial charge in [0.2, 0.25) is 0 Å². The Labute approximate surface area is 129 Å². The van der Waals surface area contributed by atoms with Crippen LogP contribution < -0.4 is 5.32 Å². The van der Waals surface area contributed by atoms with Gasteiger partial charge in [0.05, 0.1) is 18.8 Å². The van der Waals surface area contributed by atoms with Crippen molar-refractivity contribution in [3.8, 4) is 0 Å². The van der Waals surface area contributed by atoms with Crippen LogP contribution >= 0.6 is 0 Å². The Morgan fingerprint density at radius 1 is 1.24 bits per heavy atom. The maximum Gasteiger partial charge on any atom is 0.0799 e. The predicted octanol–water partition coefficient (Wildman–Crippen LogP) is 1.84. The lowest BCUT2D eigenvalue weighted by Gasteiger charge is -2.40. The van der Waals surface area contributed by atoms with Crippen molar-refractivity contribution in [1.29, 1.82) is 0 Å². The number of likely N-dealkylation sites (N-methyl/N-ethyl adjacent to an activating group) is 1. The van der Waals surface area contributed by atoms with Crippen LogP contribution in [0.2, 0.25) is 0 Å². The van der Waals surface area contributed by atoms with Crippen LogP contribution in [0.25, 0.3) is 0 Å². The van der Waals surface area contributed by atoms with E-state index in [9.17, 15) is 5.11 Å². The Bertz CT molecular complexity index is 397. The van der Waals surface area contributed by atoms with Gasteiger partial charge >= 0.3 is 0 Å². The van der Waals surface area contributed by atoms with E-state index < -0.39 is 5.54 Å². The molecule has 0 radical (unpaired) electrons. The molecule has 2 N–H and O–H groups in total. The highest BCUT2D eigenvalue weighted by molar-refractivity contribution is 5.25. The van der Waals surface area contributed by atoms with Gasteiger partial charge in [0, 0.05) is 25.7 Å². The molecule has 1 rings (SSSR count). The molecule has 1 aromatic rings. The number of hydrogen-bond acceptors (Lipinski definition) is 4. The van der Waals surface area contributed by atoms with E-state index >= 15 is 0 Å². The van der Waals surface area contributed by atoms with E-state index in [1.807, 2.05) is 18.2 Å². The number of nitrogens with zero attached hydrogens (tertiary/aromatic N) is 1. The van der Waals surface area contributed by atoms with Crippen molar-refractivity contribution < 1.29 is 9.84 Å². The Morgan fingerprint density at radius 2 is 1.86 bits per heavy atom. The van der Waals surface area contributed by atoms with Gasteiger partial charge in [-0.15, -0.1) is 0 Å². The zero-order valence-electron chi connectivity index (χ0n) is 14.0. The van der Waals surface area contributed by atoms with Gasteiger partial charge in [0.25, 0.3) is 0 Å². The molecule has 120 valence electrons. The number of benzene rings is 1. The van der Waals surface area contributed by atoms with Crippen LogP contribution in [-0.2, 0) is 10.3 Å². The van der Waals surface area contributed by atoms with Gasteiger partial charge in [0.1, 0.15) is 0 Å². The van der Waals surface area contributed by atoms with Gasteiger partial charge in [-0.25, -0.2) is 0 Å². The van der Waals surface area contributed by atoms with Crippen molar-refractivity contribution in [3.63, 3.8) is 0 Å². The summed E-state index contributed by atoms with van der Waals surface area (Å²) in [6.07, 6.45) is 0. The van der Waals surface area contributed by atoms with Gasteiger partial charge in [0.15, 0.2) is 0 Å². The summed E-state index contributed by atoms with van der Waals surface area (Å²) in [6, 6.07) is 10.7. The highest BCUT2D eigenvalue weighted by Gasteiger charge is 2.34. The molecule has 2 unspecified atom stereocenters. The molecule has 0 aliphatic rings. The lowest BCUT2D eigenvalue weighted by Crippen LogP contribution is -2.56. The third kappa shape index (κ3) is 5.08. The van der Waals surface area contributed by atoms with Crippen molar-refractivity contribution in [2.45, 2.75) is 38.4 Å². The minimum Gasteiger partial charge on any atom is -0.394 e. The summed E-state index contributed by atoms with van der Waals surface area (Å²) in [7, 11) is 3.78. The van der Waals surface area contributed by atoms with E-state index in [1.165, 1.54) is 0 Å². The molecule has 0 bridgehead atoms. The predicted molar refractivity (Wildman–Crippen MR) is 87.4 cm³/mol. The molecule has 0 heterocycles. The third-order valence-electron chi connectivity index (χ3n) is 3.84. The van der Waals surface area contributed by atoms with Gasteiger partial charge in [-0.3, -0.25) is 4.90 Å². The van der Waals surface area contributed by atoms with Crippen molar-refractivity contribution >= 4 is 0 Å². The number of rotatable bonds is 9. The molecular formula is C17H30N2O2. The quantitative estimate of drug-likeness (QED) is 0.729. The number of nitrogens with one attached hydrogen (secondary N) is 1. The molecule has 0 aliphatic carbocycles. The lowest BCUT2D eigenvalue weighted by molar-refractivity contribution is 0.0644. The summed E-state index contributed by atoms with van der Waals surface area (Å²) in [6.45, 7) is 7.79. The molecule has 0 amide bonds. The summed E-state index contributed by atoms with van der Waals surface area (Å²) < 4.78 is 5.24. The molecule has 0 aromatic heterocycles. The molecule has 4 nitrogen and oxygen atoms in total. The second-order valence-electron chi connectivity index (χ2n) is 6.12. The van der Waals surface area contributed by atoms with Gasteiger partial charge in [-0.1, -0.05) is 30.3 Å². The average Bonchev–Trinajstić information content (AvgIpc) is 2.47. The molecule has 21 heavy (non-hydrogen) atoms. The number of aliphatic hydroxyl groups is 1. The van der Waals surface area contributed by atoms with Crippen molar-refractivity contribution in [3.05, 3.63) is 35.9 Å². The fraction of sp³-hybridized carbons (Fsp3) is 0.647. The minimum atomic E-state index is -0.466. The van der Waals surface area contributed by atoms with Crippen LogP contribution in [-0.4, -0.2) is 56.0 Å². The highest BCUT2D eigenvalue weighted by Crippen LogP contribution is 2.23. The first-order valence-electron chi connectivity index (χ1n) is 7.58. The zero-order chi connectivity index (χ0) is 15.9. The Balaban J connectivity index is 3.01. The summed E-state index contributed by atoms with van der Waals surface area (Å²) in [5.41, 5.74) is 0.643. The van der Waals surface area contributed by atoms with Crippen LogP contribution in [0.5, 0.6) is 0 Å². The van der Waals surface area contributed by atoms with Crippen molar-refractivity contribution in [2.24, 2.45) is 0 Å². The van der Waals surface area contributed by atoms with E-state index in [0.29, 0.717) is 12.6 Å². The molecule has 0 saturated carbocycles. The summed E-state index contributed by atoms with van der Waals surface area (Å²) in [5, 5.41) is 13.7. The van der Waals surface area contributed by atoms with E-state index in [1.54, 1.807) is 7.11 Å². The van der Waals surface area contributed by atoms with Crippen LogP contribution in [0.4, 0.5) is 0 Å². The second kappa shape index (κ2) is 8.49. The Kier molecular flexibility index (Phi) is 7.32. The van der Waals surface area contributed by atoms with Crippen LogP contribution in [0.15, 0.2) is 30.3 Å². The molecule has 1 aromatic carbocycles.